The molecule has 4 aromatic rings. The zero-order valence-electron chi connectivity index (χ0n) is 16.5. The van der Waals surface area contributed by atoms with Crippen molar-refractivity contribution in [2.75, 3.05) is 5.32 Å². The molecule has 3 N–H and O–H groups in total. The fourth-order valence-electron chi connectivity index (χ4n) is 3.10. The quantitative estimate of drug-likeness (QED) is 0.471. The monoisotopic (exact) mass is 459 g/mol. The Labute approximate surface area is 181 Å². The third-order valence-corrected chi connectivity index (χ3v) is 6.39. The Hall–Kier alpha value is -3.15. The van der Waals surface area contributed by atoms with Crippen molar-refractivity contribution in [3.8, 4) is 10.6 Å². The summed E-state index contributed by atoms with van der Waals surface area (Å²) >= 11 is 1.47. The SMILES string of the molecule is CC(C)n1ncc2c(C(=O)Nc3cc(S(N)(=O)=O)ccc3F)cc(-c3cccs3)nc21. The molecule has 3 aromatic heterocycles. The molecule has 0 saturated heterocycles. The number of benzene rings is 1. The van der Waals surface area contributed by atoms with Crippen LogP contribution in [0.15, 0.2) is 52.9 Å². The number of anilines is 1. The molecule has 0 aliphatic heterocycles. The summed E-state index contributed by atoms with van der Waals surface area (Å²) in [4.78, 5) is 18.3. The van der Waals surface area contributed by atoms with Crippen LogP contribution in [0, 0.1) is 5.82 Å². The standard InChI is InChI=1S/C20H18FN5O3S2/c1-11(2)26-19-14(10-23-26)13(9-17(24-19)18-4-3-7-30-18)20(27)25-16-8-12(31(22,28)29)5-6-15(16)21/h3-11H,1-2H3,(H,25,27)(H2,22,28,29). The van der Waals surface area contributed by atoms with E-state index in [9.17, 15) is 17.6 Å². The van der Waals surface area contributed by atoms with Crippen molar-refractivity contribution in [2.24, 2.45) is 5.14 Å². The zero-order chi connectivity index (χ0) is 22.3. The molecule has 0 spiro atoms. The summed E-state index contributed by atoms with van der Waals surface area (Å²) in [6.45, 7) is 3.89. The van der Waals surface area contributed by atoms with Gasteiger partial charge in [-0.25, -0.2) is 27.6 Å². The molecule has 0 unspecified atom stereocenters. The van der Waals surface area contributed by atoms with Crippen LogP contribution in [0.5, 0.6) is 0 Å². The van der Waals surface area contributed by atoms with E-state index in [1.807, 2.05) is 31.4 Å². The number of rotatable bonds is 5. The number of pyridine rings is 1. The second-order valence-corrected chi connectivity index (χ2v) is 9.60. The number of carbonyl (C=O) groups excluding carboxylic acids is 1. The Kier molecular flexibility index (Phi) is 5.33. The summed E-state index contributed by atoms with van der Waals surface area (Å²) < 4.78 is 39.2. The summed E-state index contributed by atoms with van der Waals surface area (Å²) in [7, 11) is -4.06. The maximum absolute atomic E-state index is 14.3. The van der Waals surface area contributed by atoms with Gasteiger partial charge in [0.25, 0.3) is 5.91 Å². The van der Waals surface area contributed by atoms with Gasteiger partial charge in [0.1, 0.15) is 5.82 Å². The lowest BCUT2D eigenvalue weighted by Crippen LogP contribution is -2.16. The van der Waals surface area contributed by atoms with Gasteiger partial charge in [0.05, 0.1) is 38.3 Å². The van der Waals surface area contributed by atoms with Crippen LogP contribution in [-0.4, -0.2) is 29.1 Å². The highest BCUT2D eigenvalue weighted by Gasteiger charge is 2.20. The Bertz CT molecular complexity index is 1400. The van der Waals surface area contributed by atoms with Crippen LogP contribution in [-0.2, 0) is 10.0 Å². The van der Waals surface area contributed by atoms with E-state index in [-0.39, 0.29) is 22.2 Å². The summed E-state index contributed by atoms with van der Waals surface area (Å²) in [5.41, 5.74) is 1.04. The van der Waals surface area contributed by atoms with Gasteiger partial charge in [-0.2, -0.15) is 5.10 Å². The number of aromatic nitrogens is 3. The number of primary sulfonamides is 1. The Morgan fingerprint density at radius 2 is 2.03 bits per heavy atom. The smallest absolute Gasteiger partial charge is 0.256 e. The molecule has 1 amide bonds. The Morgan fingerprint density at radius 3 is 2.68 bits per heavy atom. The van der Waals surface area contributed by atoms with E-state index in [4.69, 9.17) is 5.14 Å². The second-order valence-electron chi connectivity index (χ2n) is 7.09. The number of nitrogens with one attached hydrogen (secondary N) is 1. The van der Waals surface area contributed by atoms with Crippen LogP contribution in [0.3, 0.4) is 0 Å². The van der Waals surface area contributed by atoms with Crippen molar-refractivity contribution in [2.45, 2.75) is 24.8 Å². The number of hydrogen-bond acceptors (Lipinski definition) is 6. The van der Waals surface area contributed by atoms with Crippen LogP contribution in [0.1, 0.15) is 30.2 Å². The van der Waals surface area contributed by atoms with Crippen molar-refractivity contribution in [1.29, 1.82) is 0 Å². The number of sulfonamides is 1. The largest absolute Gasteiger partial charge is 0.319 e. The third-order valence-electron chi connectivity index (χ3n) is 4.59. The second kappa shape index (κ2) is 7.84. The van der Waals surface area contributed by atoms with Crippen LogP contribution in [0.4, 0.5) is 10.1 Å². The molecule has 0 aliphatic rings. The minimum atomic E-state index is -4.06. The van der Waals surface area contributed by atoms with Gasteiger partial charge in [0.2, 0.25) is 10.0 Å². The Balaban J connectivity index is 1.83. The summed E-state index contributed by atoms with van der Waals surface area (Å²) in [5.74, 6) is -1.42. The minimum Gasteiger partial charge on any atom is -0.319 e. The van der Waals surface area contributed by atoms with Crippen LogP contribution >= 0.6 is 11.3 Å². The van der Waals surface area contributed by atoms with Gasteiger partial charge < -0.3 is 5.32 Å². The molecule has 3 heterocycles. The van der Waals surface area contributed by atoms with Gasteiger partial charge in [-0.3, -0.25) is 4.79 Å². The van der Waals surface area contributed by atoms with Crippen molar-refractivity contribution in [3.63, 3.8) is 0 Å². The fraction of sp³-hybridized carbons (Fsp3) is 0.150. The first-order valence-corrected chi connectivity index (χ1v) is 11.6. The number of hydrogen-bond donors (Lipinski definition) is 2. The number of nitrogens with two attached hydrogens (primary N) is 1. The number of thiophene rings is 1. The van der Waals surface area contributed by atoms with Crippen LogP contribution in [0.2, 0.25) is 0 Å². The van der Waals surface area contributed by atoms with Gasteiger partial charge >= 0.3 is 0 Å². The summed E-state index contributed by atoms with van der Waals surface area (Å²) in [6, 6.07) is 8.32. The topological polar surface area (TPSA) is 120 Å². The van der Waals surface area contributed by atoms with Gasteiger partial charge in [0, 0.05) is 6.04 Å². The lowest BCUT2D eigenvalue weighted by molar-refractivity contribution is 0.102. The first-order chi connectivity index (χ1) is 14.6. The number of amides is 1. The molecule has 31 heavy (non-hydrogen) atoms. The van der Waals surface area contributed by atoms with Crippen molar-refractivity contribution in [1.82, 2.24) is 14.8 Å². The molecule has 0 bridgehead atoms. The highest BCUT2D eigenvalue weighted by Crippen LogP contribution is 2.30. The van der Waals surface area contributed by atoms with Gasteiger partial charge in [-0.1, -0.05) is 6.07 Å². The first-order valence-electron chi connectivity index (χ1n) is 9.21. The summed E-state index contributed by atoms with van der Waals surface area (Å²) in [5, 5.41) is 14.3. The van der Waals surface area contributed by atoms with E-state index in [1.165, 1.54) is 17.5 Å². The van der Waals surface area contributed by atoms with Gasteiger partial charge in [-0.05, 0) is 49.6 Å². The van der Waals surface area contributed by atoms with Gasteiger partial charge in [0.15, 0.2) is 5.65 Å². The normalized spacial score (nSPS) is 11.9. The van der Waals surface area contributed by atoms with Crippen molar-refractivity contribution in [3.05, 3.63) is 59.4 Å². The molecular weight excluding hydrogens is 441 g/mol. The average Bonchev–Trinajstić information content (AvgIpc) is 3.37. The highest BCUT2D eigenvalue weighted by molar-refractivity contribution is 7.89. The molecule has 160 valence electrons. The molecule has 11 heteroatoms. The first kappa shape index (κ1) is 21.1. The van der Waals surface area contributed by atoms with Crippen molar-refractivity contribution < 1.29 is 17.6 Å². The molecule has 0 saturated carbocycles. The maximum atomic E-state index is 14.3. The molecule has 8 nitrogen and oxygen atoms in total. The number of carbonyl (C=O) groups is 1. The molecule has 0 atom stereocenters. The minimum absolute atomic E-state index is 0.00313. The number of fused-ring (bicyclic) bond motifs is 1. The van der Waals surface area contributed by atoms with E-state index >= 15 is 0 Å². The van der Waals surface area contributed by atoms with E-state index < -0.39 is 21.7 Å². The number of halogens is 1. The van der Waals surface area contributed by atoms with E-state index in [0.29, 0.717) is 16.7 Å². The average molecular weight is 460 g/mol. The van der Waals surface area contributed by atoms with E-state index in [0.717, 1.165) is 23.1 Å². The zero-order valence-corrected chi connectivity index (χ0v) is 18.2. The van der Waals surface area contributed by atoms with E-state index in [2.05, 4.69) is 15.4 Å². The fourth-order valence-corrected chi connectivity index (χ4v) is 4.33. The molecule has 1 aromatic carbocycles. The number of nitrogens with zero attached hydrogens (tertiary/aromatic N) is 3. The molecule has 0 fully saturated rings. The lowest BCUT2D eigenvalue weighted by atomic mass is 10.1. The predicted molar refractivity (Wildman–Crippen MR) is 117 cm³/mol. The Morgan fingerprint density at radius 1 is 1.26 bits per heavy atom. The third kappa shape index (κ3) is 4.07. The van der Waals surface area contributed by atoms with Crippen LogP contribution < -0.4 is 10.5 Å². The highest BCUT2D eigenvalue weighted by atomic mass is 32.2. The predicted octanol–water partition coefficient (Wildman–Crippen LogP) is 3.78. The van der Waals surface area contributed by atoms with E-state index in [1.54, 1.807) is 10.7 Å². The molecule has 0 aliphatic carbocycles. The van der Waals surface area contributed by atoms with Crippen molar-refractivity contribution >= 4 is 44.0 Å². The molecule has 0 radical (unpaired) electrons. The van der Waals surface area contributed by atoms with Gasteiger partial charge in [-0.15, -0.1) is 11.3 Å². The molecular formula is C20H18FN5O3S2. The summed E-state index contributed by atoms with van der Waals surface area (Å²) in [6.07, 6.45) is 1.53. The van der Waals surface area contributed by atoms with Crippen LogP contribution in [0.25, 0.3) is 21.6 Å². The lowest BCUT2D eigenvalue weighted by Gasteiger charge is -2.11. The maximum Gasteiger partial charge on any atom is 0.256 e. The molecule has 4 rings (SSSR count).